The predicted octanol–water partition coefficient (Wildman–Crippen LogP) is 4.22. The van der Waals surface area contributed by atoms with E-state index in [1.54, 1.807) is 19.2 Å². The Bertz CT molecular complexity index is 960. The van der Waals surface area contributed by atoms with Crippen molar-refractivity contribution < 1.29 is 19.4 Å². The summed E-state index contributed by atoms with van der Waals surface area (Å²) in [6.07, 6.45) is 5.27. The van der Waals surface area contributed by atoms with Gasteiger partial charge in [-0.05, 0) is 45.0 Å². The van der Waals surface area contributed by atoms with E-state index in [2.05, 4.69) is 15.3 Å². The lowest BCUT2D eigenvalue weighted by Crippen LogP contribution is -2.27. The summed E-state index contributed by atoms with van der Waals surface area (Å²) in [6, 6.07) is 9.32. The molecule has 0 atom stereocenters. The Labute approximate surface area is 163 Å². The fraction of sp³-hybridized carbons (Fsp3) is 0.300. The SMILES string of the molecule is CC(C)(C)OC(=O)Nc1cccc(-c2ccc3nccn3c2)n1.CCC(=O)O. The monoisotopic (exact) mass is 384 g/mol. The fourth-order valence-electron chi connectivity index (χ4n) is 2.14. The number of carbonyl (C=O) groups is 2. The quantitative estimate of drug-likeness (QED) is 0.700. The van der Waals surface area contributed by atoms with E-state index in [0.717, 1.165) is 16.9 Å². The van der Waals surface area contributed by atoms with Crippen LogP contribution in [-0.2, 0) is 9.53 Å². The average Bonchev–Trinajstić information content (AvgIpc) is 3.08. The van der Waals surface area contributed by atoms with Crippen LogP contribution in [0, 0.1) is 0 Å². The van der Waals surface area contributed by atoms with Crippen LogP contribution in [-0.4, -0.2) is 37.1 Å². The lowest BCUT2D eigenvalue weighted by Gasteiger charge is -2.19. The van der Waals surface area contributed by atoms with Crippen molar-refractivity contribution in [3.8, 4) is 11.3 Å². The van der Waals surface area contributed by atoms with Crippen molar-refractivity contribution in [1.82, 2.24) is 14.4 Å². The Balaban J connectivity index is 0.000000500. The number of anilines is 1. The third kappa shape index (κ3) is 6.39. The molecule has 8 heteroatoms. The van der Waals surface area contributed by atoms with Crippen molar-refractivity contribution >= 4 is 23.5 Å². The highest BCUT2D eigenvalue weighted by Crippen LogP contribution is 2.20. The van der Waals surface area contributed by atoms with Crippen molar-refractivity contribution in [2.24, 2.45) is 0 Å². The summed E-state index contributed by atoms with van der Waals surface area (Å²) in [5.41, 5.74) is 2.02. The molecule has 0 radical (unpaired) electrons. The van der Waals surface area contributed by atoms with Gasteiger partial charge in [0.15, 0.2) is 0 Å². The number of carboxylic acids is 1. The molecule has 0 bridgehead atoms. The van der Waals surface area contributed by atoms with Crippen LogP contribution < -0.4 is 5.32 Å². The summed E-state index contributed by atoms with van der Waals surface area (Å²) in [5, 5.41) is 10.4. The van der Waals surface area contributed by atoms with Gasteiger partial charge >= 0.3 is 12.1 Å². The minimum Gasteiger partial charge on any atom is -0.481 e. The first kappa shape index (κ1) is 20.9. The predicted molar refractivity (Wildman–Crippen MR) is 106 cm³/mol. The molecule has 148 valence electrons. The highest BCUT2D eigenvalue weighted by atomic mass is 16.6. The van der Waals surface area contributed by atoms with Crippen molar-refractivity contribution in [2.75, 3.05) is 5.32 Å². The van der Waals surface area contributed by atoms with E-state index in [0.29, 0.717) is 5.82 Å². The number of ether oxygens (including phenoxy) is 1. The van der Waals surface area contributed by atoms with Crippen LogP contribution >= 0.6 is 0 Å². The van der Waals surface area contributed by atoms with Gasteiger partial charge < -0.3 is 14.2 Å². The van der Waals surface area contributed by atoms with Gasteiger partial charge in [0.05, 0.1) is 5.69 Å². The highest BCUT2D eigenvalue weighted by molar-refractivity contribution is 5.84. The van der Waals surface area contributed by atoms with Crippen LogP contribution in [0.25, 0.3) is 16.9 Å². The van der Waals surface area contributed by atoms with E-state index in [9.17, 15) is 9.59 Å². The number of fused-ring (bicyclic) bond motifs is 1. The highest BCUT2D eigenvalue weighted by Gasteiger charge is 2.16. The number of aromatic nitrogens is 3. The summed E-state index contributed by atoms with van der Waals surface area (Å²) in [4.78, 5) is 29.9. The van der Waals surface area contributed by atoms with Gasteiger partial charge in [-0.25, -0.2) is 14.8 Å². The Hall–Kier alpha value is -3.42. The number of carboxylic acid groups (broad SMARTS) is 1. The number of hydrogen-bond donors (Lipinski definition) is 2. The van der Waals surface area contributed by atoms with Crippen LogP contribution in [0.2, 0.25) is 0 Å². The van der Waals surface area contributed by atoms with Gasteiger partial charge in [0.2, 0.25) is 0 Å². The fourth-order valence-corrected chi connectivity index (χ4v) is 2.14. The molecule has 3 aromatic rings. The van der Waals surface area contributed by atoms with E-state index >= 15 is 0 Å². The number of amides is 1. The second-order valence-corrected chi connectivity index (χ2v) is 6.89. The Kier molecular flexibility index (Phi) is 6.70. The van der Waals surface area contributed by atoms with Crippen LogP contribution in [0.15, 0.2) is 48.9 Å². The largest absolute Gasteiger partial charge is 0.481 e. The third-order valence-corrected chi connectivity index (χ3v) is 3.37. The van der Waals surface area contributed by atoms with E-state index in [1.165, 1.54) is 0 Å². The molecule has 0 aliphatic heterocycles. The smallest absolute Gasteiger partial charge is 0.413 e. The lowest BCUT2D eigenvalue weighted by molar-refractivity contribution is -0.136. The summed E-state index contributed by atoms with van der Waals surface area (Å²) in [5.74, 6) is -0.299. The van der Waals surface area contributed by atoms with Crippen molar-refractivity contribution in [1.29, 1.82) is 0 Å². The molecule has 3 heterocycles. The van der Waals surface area contributed by atoms with Crippen molar-refractivity contribution in [2.45, 2.75) is 39.7 Å². The van der Waals surface area contributed by atoms with Gasteiger partial charge in [-0.3, -0.25) is 10.1 Å². The van der Waals surface area contributed by atoms with Crippen molar-refractivity contribution in [3.63, 3.8) is 0 Å². The summed E-state index contributed by atoms with van der Waals surface area (Å²) < 4.78 is 7.15. The molecule has 0 aliphatic carbocycles. The van der Waals surface area contributed by atoms with Gasteiger partial charge in [0, 0.05) is 30.6 Å². The maximum Gasteiger partial charge on any atom is 0.413 e. The molecule has 3 aromatic heterocycles. The number of nitrogens with zero attached hydrogens (tertiary/aromatic N) is 3. The second kappa shape index (κ2) is 8.98. The summed E-state index contributed by atoms with van der Waals surface area (Å²) >= 11 is 0. The van der Waals surface area contributed by atoms with Crippen molar-refractivity contribution in [3.05, 3.63) is 48.9 Å². The maximum atomic E-state index is 11.8. The molecule has 0 fully saturated rings. The maximum absolute atomic E-state index is 11.8. The number of pyridine rings is 2. The van der Waals surface area contributed by atoms with Gasteiger partial charge in [-0.15, -0.1) is 0 Å². The van der Waals surface area contributed by atoms with E-state index in [4.69, 9.17) is 9.84 Å². The minimum absolute atomic E-state index is 0.222. The Morgan fingerprint density at radius 3 is 2.57 bits per heavy atom. The molecule has 0 spiro atoms. The lowest BCUT2D eigenvalue weighted by atomic mass is 10.2. The number of rotatable bonds is 3. The number of nitrogens with one attached hydrogen (secondary N) is 1. The van der Waals surface area contributed by atoms with Gasteiger partial charge in [-0.1, -0.05) is 13.0 Å². The van der Waals surface area contributed by atoms with E-state index in [-0.39, 0.29) is 6.42 Å². The molecule has 1 amide bonds. The number of imidazole rings is 1. The molecule has 0 unspecified atom stereocenters. The molecule has 0 saturated carbocycles. The Morgan fingerprint density at radius 2 is 1.93 bits per heavy atom. The first-order chi connectivity index (χ1) is 13.2. The number of carbonyl (C=O) groups excluding carboxylic acids is 1. The molecule has 0 saturated heterocycles. The number of hydrogen-bond acceptors (Lipinski definition) is 5. The van der Waals surface area contributed by atoms with Crippen LogP contribution in [0.5, 0.6) is 0 Å². The molecule has 0 aromatic carbocycles. The third-order valence-electron chi connectivity index (χ3n) is 3.37. The van der Waals surface area contributed by atoms with Crippen LogP contribution in [0.3, 0.4) is 0 Å². The molecule has 28 heavy (non-hydrogen) atoms. The molecule has 3 rings (SSSR count). The first-order valence-electron chi connectivity index (χ1n) is 8.80. The normalized spacial score (nSPS) is 10.7. The Morgan fingerprint density at radius 1 is 1.21 bits per heavy atom. The van der Waals surface area contributed by atoms with E-state index in [1.807, 2.05) is 61.8 Å². The van der Waals surface area contributed by atoms with Gasteiger partial charge in [0.25, 0.3) is 0 Å². The zero-order chi connectivity index (χ0) is 20.7. The molecule has 2 N–H and O–H groups in total. The van der Waals surface area contributed by atoms with Gasteiger partial charge in [-0.2, -0.15) is 0 Å². The summed E-state index contributed by atoms with van der Waals surface area (Å²) in [6.45, 7) is 7.05. The zero-order valence-corrected chi connectivity index (χ0v) is 16.3. The minimum atomic E-state index is -0.745. The summed E-state index contributed by atoms with van der Waals surface area (Å²) in [7, 11) is 0. The van der Waals surface area contributed by atoms with Crippen LogP contribution in [0.4, 0.5) is 10.6 Å². The standard InChI is InChI=1S/C17H18N4O2.C3H6O2/c1-17(2,3)23-16(22)20-14-6-4-5-13(19-14)12-7-8-15-18-9-10-21(15)11-12;1-2-3(4)5/h4-11H,1-3H3,(H,19,20,22);2H2,1H3,(H,4,5). The van der Waals surface area contributed by atoms with Gasteiger partial charge in [0.1, 0.15) is 17.1 Å². The molecule has 0 aliphatic rings. The van der Waals surface area contributed by atoms with E-state index < -0.39 is 17.7 Å². The molecular weight excluding hydrogens is 360 g/mol. The van der Waals surface area contributed by atoms with Crippen LogP contribution in [0.1, 0.15) is 34.1 Å². The first-order valence-corrected chi connectivity index (χ1v) is 8.80. The molecule has 8 nitrogen and oxygen atoms in total. The topological polar surface area (TPSA) is 106 Å². The second-order valence-electron chi connectivity index (χ2n) is 6.89. The molecular formula is C20H24N4O4. The average molecular weight is 384 g/mol. The zero-order valence-electron chi connectivity index (χ0n) is 16.3. The number of aliphatic carboxylic acids is 1.